The summed E-state index contributed by atoms with van der Waals surface area (Å²) in [4.78, 5) is 15.6. The molecule has 108 valence electrons. The zero-order valence-electron chi connectivity index (χ0n) is 11.6. The fourth-order valence-corrected chi connectivity index (χ4v) is 3.17. The van der Waals surface area contributed by atoms with E-state index < -0.39 is 6.10 Å². The predicted molar refractivity (Wildman–Crippen MR) is 76.8 cm³/mol. The van der Waals surface area contributed by atoms with Crippen LogP contribution in [0, 0.1) is 5.92 Å². The molecule has 1 saturated heterocycles. The normalized spacial score (nSPS) is 25.4. The van der Waals surface area contributed by atoms with Crippen LogP contribution < -0.4 is 9.80 Å². The summed E-state index contributed by atoms with van der Waals surface area (Å²) in [6.07, 6.45) is 0.915. The van der Waals surface area contributed by atoms with E-state index in [9.17, 15) is 9.90 Å². The lowest BCUT2D eigenvalue weighted by Crippen LogP contribution is -2.24. The zero-order valence-corrected chi connectivity index (χ0v) is 11.6. The van der Waals surface area contributed by atoms with Crippen LogP contribution >= 0.6 is 0 Å². The molecule has 2 atom stereocenters. The van der Waals surface area contributed by atoms with Gasteiger partial charge in [-0.3, -0.25) is 4.79 Å². The van der Waals surface area contributed by atoms with Crippen molar-refractivity contribution in [3.05, 3.63) is 23.8 Å². The Hall–Kier alpha value is -1.59. The van der Waals surface area contributed by atoms with Crippen molar-refractivity contribution in [1.29, 1.82) is 0 Å². The number of amides is 1. The molecule has 0 bridgehead atoms. The van der Waals surface area contributed by atoms with Crippen LogP contribution in [0.4, 0.5) is 11.4 Å². The lowest BCUT2D eigenvalue weighted by atomic mass is 10.1. The molecule has 0 saturated carbocycles. The molecule has 3 rings (SSSR count). The number of carbonyl (C=O) groups is 1. The first-order valence-electron chi connectivity index (χ1n) is 7.07. The lowest BCUT2D eigenvalue weighted by Gasteiger charge is -2.20. The number of benzene rings is 1. The van der Waals surface area contributed by atoms with E-state index in [0.29, 0.717) is 11.5 Å². The Balaban J connectivity index is 1.82. The first-order valence-corrected chi connectivity index (χ1v) is 7.07. The third kappa shape index (κ3) is 2.07. The fourth-order valence-electron chi connectivity index (χ4n) is 3.17. The standard InChI is InChI=1S/C15H20N2O3/c1-16-13-8-11(2-3-12(13)14(19)15(16)20)17-6-4-10(9-17)5-7-18/h2-3,8,10,14,18-19H,4-7,9H2,1H3. The monoisotopic (exact) mass is 276 g/mol. The molecule has 5 heteroatoms. The Morgan fingerprint density at radius 3 is 2.95 bits per heavy atom. The van der Waals surface area contributed by atoms with Crippen LogP contribution in [0.25, 0.3) is 0 Å². The van der Waals surface area contributed by atoms with Gasteiger partial charge < -0.3 is 20.0 Å². The number of anilines is 2. The molecular weight excluding hydrogens is 256 g/mol. The van der Waals surface area contributed by atoms with Crippen molar-refractivity contribution in [3.8, 4) is 0 Å². The number of hydrogen-bond acceptors (Lipinski definition) is 4. The number of aliphatic hydroxyl groups is 2. The molecule has 2 aliphatic rings. The van der Waals surface area contributed by atoms with Gasteiger partial charge in [-0.2, -0.15) is 0 Å². The van der Waals surface area contributed by atoms with Crippen LogP contribution in [0.15, 0.2) is 18.2 Å². The van der Waals surface area contributed by atoms with E-state index >= 15 is 0 Å². The van der Waals surface area contributed by atoms with E-state index in [1.807, 2.05) is 18.2 Å². The number of nitrogens with zero attached hydrogens (tertiary/aromatic N) is 2. The second kappa shape index (κ2) is 5.07. The van der Waals surface area contributed by atoms with E-state index in [1.54, 1.807) is 7.05 Å². The number of fused-ring (bicyclic) bond motifs is 1. The molecule has 2 unspecified atom stereocenters. The molecule has 0 spiro atoms. The highest BCUT2D eigenvalue weighted by molar-refractivity contribution is 6.03. The highest BCUT2D eigenvalue weighted by atomic mass is 16.3. The summed E-state index contributed by atoms with van der Waals surface area (Å²) >= 11 is 0. The first-order chi connectivity index (χ1) is 9.61. The Kier molecular flexibility index (Phi) is 3.40. The molecule has 1 aromatic rings. The predicted octanol–water partition coefficient (Wildman–Crippen LogP) is 0.905. The third-order valence-corrected chi connectivity index (χ3v) is 4.42. The summed E-state index contributed by atoms with van der Waals surface area (Å²) in [5.74, 6) is 0.273. The van der Waals surface area contributed by atoms with Crippen molar-refractivity contribution >= 4 is 17.3 Å². The average Bonchev–Trinajstić information content (AvgIpc) is 3.00. The Morgan fingerprint density at radius 1 is 1.40 bits per heavy atom. The summed E-state index contributed by atoms with van der Waals surface area (Å²) in [6.45, 7) is 2.16. The molecule has 2 heterocycles. The molecule has 0 radical (unpaired) electrons. The van der Waals surface area contributed by atoms with Gasteiger partial charge in [0.1, 0.15) is 0 Å². The highest BCUT2D eigenvalue weighted by Gasteiger charge is 2.34. The third-order valence-electron chi connectivity index (χ3n) is 4.42. The largest absolute Gasteiger partial charge is 0.396 e. The topological polar surface area (TPSA) is 64.0 Å². The van der Waals surface area contributed by atoms with Crippen molar-refractivity contribution in [1.82, 2.24) is 0 Å². The van der Waals surface area contributed by atoms with Gasteiger partial charge in [-0.05, 0) is 30.9 Å². The fraction of sp³-hybridized carbons (Fsp3) is 0.533. The molecule has 20 heavy (non-hydrogen) atoms. The van der Waals surface area contributed by atoms with Crippen molar-refractivity contribution < 1.29 is 15.0 Å². The van der Waals surface area contributed by atoms with Crippen molar-refractivity contribution in [2.24, 2.45) is 5.92 Å². The van der Waals surface area contributed by atoms with Crippen LogP contribution in [0.1, 0.15) is 24.5 Å². The van der Waals surface area contributed by atoms with Crippen molar-refractivity contribution in [2.75, 3.05) is 36.5 Å². The van der Waals surface area contributed by atoms with Gasteiger partial charge in [0.2, 0.25) is 0 Å². The van der Waals surface area contributed by atoms with Crippen LogP contribution in [-0.4, -0.2) is 42.9 Å². The van der Waals surface area contributed by atoms with Crippen LogP contribution in [0.3, 0.4) is 0 Å². The SMILES string of the molecule is CN1C(=O)C(O)c2ccc(N3CCC(CCO)C3)cc21. The minimum atomic E-state index is -1.02. The molecule has 1 amide bonds. The number of carbonyl (C=O) groups excluding carboxylic acids is 1. The maximum Gasteiger partial charge on any atom is 0.260 e. The summed E-state index contributed by atoms with van der Waals surface area (Å²) in [6, 6.07) is 5.79. The van der Waals surface area contributed by atoms with Gasteiger partial charge in [-0.25, -0.2) is 0 Å². The van der Waals surface area contributed by atoms with Crippen LogP contribution in [0.5, 0.6) is 0 Å². The number of hydrogen-bond donors (Lipinski definition) is 2. The molecule has 2 N–H and O–H groups in total. The van der Waals surface area contributed by atoms with Gasteiger partial charge in [0.05, 0.1) is 5.69 Å². The zero-order chi connectivity index (χ0) is 14.3. The molecule has 1 fully saturated rings. The molecule has 0 aromatic heterocycles. The average molecular weight is 276 g/mol. The Labute approximate surface area is 118 Å². The highest BCUT2D eigenvalue weighted by Crippen LogP contribution is 2.38. The van der Waals surface area contributed by atoms with Gasteiger partial charge >= 0.3 is 0 Å². The molecule has 5 nitrogen and oxygen atoms in total. The second-order valence-electron chi connectivity index (χ2n) is 5.66. The maximum atomic E-state index is 11.8. The van der Waals surface area contributed by atoms with Crippen LogP contribution in [-0.2, 0) is 4.79 Å². The van der Waals surface area contributed by atoms with E-state index in [-0.39, 0.29) is 12.5 Å². The summed E-state index contributed by atoms with van der Waals surface area (Å²) < 4.78 is 0. The minimum absolute atomic E-state index is 0.242. The first kappa shape index (κ1) is 13.4. The molecular formula is C15H20N2O3. The van der Waals surface area contributed by atoms with Gasteiger partial charge in [-0.15, -0.1) is 0 Å². The molecule has 2 aliphatic heterocycles. The van der Waals surface area contributed by atoms with Crippen molar-refractivity contribution in [2.45, 2.75) is 18.9 Å². The summed E-state index contributed by atoms with van der Waals surface area (Å²) in [7, 11) is 1.69. The number of rotatable bonds is 3. The Morgan fingerprint density at radius 2 is 2.20 bits per heavy atom. The molecule has 1 aromatic carbocycles. The van der Waals surface area contributed by atoms with Gasteiger partial charge in [0, 0.05) is 38.0 Å². The second-order valence-corrected chi connectivity index (χ2v) is 5.66. The van der Waals surface area contributed by atoms with E-state index in [1.165, 1.54) is 4.90 Å². The van der Waals surface area contributed by atoms with Gasteiger partial charge in [0.15, 0.2) is 6.10 Å². The lowest BCUT2D eigenvalue weighted by molar-refractivity contribution is -0.125. The summed E-state index contributed by atoms with van der Waals surface area (Å²) in [5, 5.41) is 18.9. The molecule has 0 aliphatic carbocycles. The van der Waals surface area contributed by atoms with E-state index in [4.69, 9.17) is 5.11 Å². The van der Waals surface area contributed by atoms with Gasteiger partial charge in [0.25, 0.3) is 5.91 Å². The Bertz CT molecular complexity index is 532. The quantitative estimate of drug-likeness (QED) is 0.861. The van der Waals surface area contributed by atoms with Crippen molar-refractivity contribution in [3.63, 3.8) is 0 Å². The summed E-state index contributed by atoms with van der Waals surface area (Å²) in [5.41, 5.74) is 2.57. The van der Waals surface area contributed by atoms with Crippen LogP contribution in [0.2, 0.25) is 0 Å². The maximum absolute atomic E-state index is 11.8. The number of aliphatic hydroxyl groups excluding tert-OH is 2. The van der Waals surface area contributed by atoms with E-state index in [0.717, 1.165) is 37.3 Å². The van der Waals surface area contributed by atoms with Gasteiger partial charge in [-0.1, -0.05) is 6.07 Å². The smallest absolute Gasteiger partial charge is 0.260 e. The number of likely N-dealkylation sites (N-methyl/N-ethyl adjacent to an activating group) is 1. The van der Waals surface area contributed by atoms with E-state index in [2.05, 4.69) is 4.90 Å². The minimum Gasteiger partial charge on any atom is -0.396 e.